The molecule has 0 radical (unpaired) electrons. The first-order valence-corrected chi connectivity index (χ1v) is 11.1. The summed E-state index contributed by atoms with van der Waals surface area (Å²) in [5.74, 6) is 1.50. The Morgan fingerprint density at radius 3 is 2.61 bits per heavy atom. The van der Waals surface area contributed by atoms with Crippen molar-refractivity contribution < 1.29 is 9.53 Å². The molecule has 1 N–H and O–H groups in total. The van der Waals surface area contributed by atoms with Crippen LogP contribution in [-0.2, 0) is 11.8 Å². The molecule has 2 aromatic heterocycles. The summed E-state index contributed by atoms with van der Waals surface area (Å²) in [5.41, 5.74) is 4.48. The van der Waals surface area contributed by atoms with Crippen molar-refractivity contribution in [1.29, 1.82) is 0 Å². The van der Waals surface area contributed by atoms with Gasteiger partial charge in [0.05, 0.1) is 30.6 Å². The summed E-state index contributed by atoms with van der Waals surface area (Å²) >= 11 is 0. The van der Waals surface area contributed by atoms with Gasteiger partial charge in [-0.25, -0.2) is 4.98 Å². The fourth-order valence-corrected chi connectivity index (χ4v) is 3.97. The van der Waals surface area contributed by atoms with Crippen molar-refractivity contribution >= 4 is 34.1 Å². The van der Waals surface area contributed by atoms with Crippen molar-refractivity contribution in [3.8, 4) is 11.3 Å². The molecule has 0 unspecified atom stereocenters. The van der Waals surface area contributed by atoms with E-state index in [-0.39, 0.29) is 5.78 Å². The number of benzene rings is 2. The summed E-state index contributed by atoms with van der Waals surface area (Å²) < 4.78 is 7.36. The zero-order valence-corrected chi connectivity index (χ0v) is 18.8. The van der Waals surface area contributed by atoms with Crippen LogP contribution in [0, 0.1) is 0 Å². The molecule has 1 fully saturated rings. The Hall–Kier alpha value is -3.78. The van der Waals surface area contributed by atoms with E-state index in [1.54, 1.807) is 0 Å². The number of anilines is 3. The minimum atomic E-state index is 0.131. The molecule has 1 aliphatic rings. The van der Waals surface area contributed by atoms with Crippen LogP contribution in [0.5, 0.6) is 0 Å². The van der Waals surface area contributed by atoms with Crippen LogP contribution in [0.4, 0.5) is 17.5 Å². The van der Waals surface area contributed by atoms with E-state index in [4.69, 9.17) is 14.7 Å². The lowest BCUT2D eigenvalue weighted by Crippen LogP contribution is -2.37. The lowest BCUT2D eigenvalue weighted by Gasteiger charge is -2.27. The number of ketones is 1. The number of nitrogens with zero attached hydrogens (tertiary/aromatic N) is 5. The molecule has 4 aromatic rings. The lowest BCUT2D eigenvalue weighted by atomic mass is 10.1. The van der Waals surface area contributed by atoms with E-state index in [1.807, 2.05) is 55.2 Å². The fraction of sp³-hybridized carbons (Fsp3) is 0.280. The Balaban J connectivity index is 1.51. The highest BCUT2D eigenvalue weighted by Crippen LogP contribution is 2.28. The standard InChI is InChI=1S/C25H26N6O2/c1-3-23(32)17-4-7-20(8-5-17)27-24-15-21(28-25(29-24)31-10-12-33-13-11-31)18-6-9-22-19(14-18)16-26-30(22)2/h4-9,14-16H,3,10-13H2,1-2H3,(H,27,28,29). The number of ether oxygens (including phenoxy) is 1. The van der Waals surface area contributed by atoms with Gasteiger partial charge >= 0.3 is 0 Å². The van der Waals surface area contributed by atoms with Gasteiger partial charge in [-0.2, -0.15) is 10.1 Å². The normalized spacial score (nSPS) is 13.9. The number of Topliss-reactive ketones (excluding diaryl/α,β-unsaturated/α-hetero) is 1. The Bertz CT molecular complexity index is 1290. The second kappa shape index (κ2) is 8.99. The largest absolute Gasteiger partial charge is 0.378 e. The van der Waals surface area contributed by atoms with Crippen LogP contribution in [0.2, 0.25) is 0 Å². The third-order valence-electron chi connectivity index (χ3n) is 5.85. The third-order valence-corrected chi connectivity index (χ3v) is 5.85. The van der Waals surface area contributed by atoms with Crippen molar-refractivity contribution in [2.24, 2.45) is 7.05 Å². The molecule has 168 valence electrons. The van der Waals surface area contributed by atoms with Crippen LogP contribution < -0.4 is 10.2 Å². The van der Waals surface area contributed by atoms with Gasteiger partial charge in [0.15, 0.2) is 5.78 Å². The molecule has 8 nitrogen and oxygen atoms in total. The fourth-order valence-electron chi connectivity index (χ4n) is 3.97. The molecule has 3 heterocycles. The zero-order chi connectivity index (χ0) is 22.8. The van der Waals surface area contributed by atoms with E-state index in [0.717, 1.165) is 40.9 Å². The van der Waals surface area contributed by atoms with E-state index in [9.17, 15) is 4.79 Å². The van der Waals surface area contributed by atoms with E-state index >= 15 is 0 Å². The maximum atomic E-state index is 11.9. The van der Waals surface area contributed by atoms with Gasteiger partial charge in [0.1, 0.15) is 5.82 Å². The maximum Gasteiger partial charge on any atom is 0.228 e. The van der Waals surface area contributed by atoms with Gasteiger partial charge in [-0.3, -0.25) is 9.48 Å². The number of nitrogens with one attached hydrogen (secondary N) is 1. The second-order valence-electron chi connectivity index (χ2n) is 8.06. The van der Waals surface area contributed by atoms with E-state index in [2.05, 4.69) is 33.5 Å². The minimum absolute atomic E-state index is 0.131. The van der Waals surface area contributed by atoms with Crippen molar-refractivity contribution in [2.75, 3.05) is 36.5 Å². The van der Waals surface area contributed by atoms with Gasteiger partial charge in [-0.1, -0.05) is 13.0 Å². The van der Waals surface area contributed by atoms with Gasteiger partial charge < -0.3 is 15.0 Å². The maximum absolute atomic E-state index is 11.9. The van der Waals surface area contributed by atoms with E-state index in [1.165, 1.54) is 0 Å². The van der Waals surface area contributed by atoms with Gasteiger partial charge in [0.2, 0.25) is 5.95 Å². The average Bonchev–Trinajstić information content (AvgIpc) is 3.24. The molecule has 1 aliphatic heterocycles. The number of rotatable bonds is 6. The monoisotopic (exact) mass is 442 g/mol. The van der Waals surface area contributed by atoms with Crippen LogP contribution in [-0.4, -0.2) is 51.8 Å². The quantitative estimate of drug-likeness (QED) is 0.448. The number of aromatic nitrogens is 4. The van der Waals surface area contributed by atoms with Crippen LogP contribution >= 0.6 is 0 Å². The molecule has 0 atom stereocenters. The highest BCUT2D eigenvalue weighted by atomic mass is 16.5. The first kappa shape index (κ1) is 21.1. The van der Waals surface area contributed by atoms with Gasteiger partial charge in [0.25, 0.3) is 0 Å². The number of aryl methyl sites for hydroxylation is 1. The van der Waals surface area contributed by atoms with Crippen LogP contribution in [0.15, 0.2) is 54.7 Å². The Kier molecular flexibility index (Phi) is 5.75. The summed E-state index contributed by atoms with van der Waals surface area (Å²) in [7, 11) is 1.94. The molecule has 1 saturated heterocycles. The van der Waals surface area contributed by atoms with Crippen molar-refractivity contribution in [3.63, 3.8) is 0 Å². The van der Waals surface area contributed by atoms with Crippen molar-refractivity contribution in [1.82, 2.24) is 19.7 Å². The lowest BCUT2D eigenvalue weighted by molar-refractivity contribution is 0.0988. The van der Waals surface area contributed by atoms with Gasteiger partial charge in [-0.05, 0) is 36.4 Å². The summed E-state index contributed by atoms with van der Waals surface area (Å²) in [5, 5.41) is 8.79. The summed E-state index contributed by atoms with van der Waals surface area (Å²) in [4.78, 5) is 23.7. The zero-order valence-electron chi connectivity index (χ0n) is 18.8. The Labute approximate surface area is 192 Å². The third kappa shape index (κ3) is 4.42. The second-order valence-corrected chi connectivity index (χ2v) is 8.06. The Morgan fingerprint density at radius 2 is 1.85 bits per heavy atom. The summed E-state index contributed by atoms with van der Waals surface area (Å²) in [6, 6.07) is 15.7. The van der Waals surface area contributed by atoms with Crippen molar-refractivity contribution in [2.45, 2.75) is 13.3 Å². The molecule has 8 heteroatoms. The molecule has 0 spiro atoms. The number of hydrogen-bond donors (Lipinski definition) is 1. The van der Waals surface area contributed by atoms with Gasteiger partial charge in [-0.15, -0.1) is 0 Å². The predicted molar refractivity (Wildman–Crippen MR) is 129 cm³/mol. The molecule has 0 saturated carbocycles. The molecule has 5 rings (SSSR count). The van der Waals surface area contributed by atoms with Crippen molar-refractivity contribution in [3.05, 3.63) is 60.3 Å². The molecular weight excluding hydrogens is 416 g/mol. The minimum Gasteiger partial charge on any atom is -0.378 e. The predicted octanol–water partition coefficient (Wildman–Crippen LogP) is 4.20. The molecule has 0 amide bonds. The average molecular weight is 443 g/mol. The number of hydrogen-bond acceptors (Lipinski definition) is 7. The number of carbonyl (C=O) groups excluding carboxylic acids is 1. The highest BCUT2D eigenvalue weighted by molar-refractivity contribution is 5.96. The van der Waals surface area contributed by atoms with Gasteiger partial charge in [0, 0.05) is 54.8 Å². The summed E-state index contributed by atoms with van der Waals surface area (Å²) in [6.45, 7) is 4.68. The first-order valence-electron chi connectivity index (χ1n) is 11.1. The number of carbonyl (C=O) groups is 1. The topological polar surface area (TPSA) is 85.2 Å². The smallest absolute Gasteiger partial charge is 0.228 e. The van der Waals surface area contributed by atoms with E-state index < -0.39 is 0 Å². The number of fused-ring (bicyclic) bond motifs is 1. The Morgan fingerprint density at radius 1 is 1.06 bits per heavy atom. The van der Waals surface area contributed by atoms with Crippen LogP contribution in [0.3, 0.4) is 0 Å². The van der Waals surface area contributed by atoms with E-state index in [0.29, 0.717) is 37.0 Å². The molecule has 0 bridgehead atoms. The first-order chi connectivity index (χ1) is 16.1. The highest BCUT2D eigenvalue weighted by Gasteiger charge is 2.17. The SMILES string of the molecule is CCC(=O)c1ccc(Nc2cc(-c3ccc4c(cnn4C)c3)nc(N3CCOCC3)n2)cc1. The summed E-state index contributed by atoms with van der Waals surface area (Å²) in [6.07, 6.45) is 2.35. The number of morpholine rings is 1. The molecule has 33 heavy (non-hydrogen) atoms. The van der Waals surface area contributed by atoms with Crippen LogP contribution in [0.1, 0.15) is 23.7 Å². The molecular formula is C25H26N6O2. The molecule has 0 aliphatic carbocycles. The molecule has 2 aromatic carbocycles. The van der Waals surface area contributed by atoms with Crippen LogP contribution in [0.25, 0.3) is 22.2 Å².